The third-order valence-electron chi connectivity index (χ3n) is 1.78. The van der Waals surface area contributed by atoms with Crippen molar-refractivity contribution < 1.29 is 9.53 Å². The lowest BCUT2D eigenvalue weighted by Crippen LogP contribution is -2.37. The third-order valence-corrected chi connectivity index (χ3v) is 2.68. The molecule has 1 N–H and O–H groups in total. The zero-order valence-electron chi connectivity index (χ0n) is 8.79. The first-order chi connectivity index (χ1) is 6.11. The van der Waals surface area contributed by atoms with E-state index in [-0.39, 0.29) is 12.0 Å². The van der Waals surface area contributed by atoms with Crippen LogP contribution in [0.2, 0.25) is 0 Å². The molecule has 0 bridgehead atoms. The van der Waals surface area contributed by atoms with Crippen LogP contribution in [-0.4, -0.2) is 37.7 Å². The molecule has 78 valence electrons. The molecule has 0 rings (SSSR count). The number of nitrogens with one attached hydrogen (secondary N) is 1. The predicted octanol–water partition coefficient (Wildman–Crippen LogP) is 1.14. The molecule has 0 radical (unpaired) electrons. The average molecular weight is 205 g/mol. The Hall–Kier alpha value is -0.220. The molecule has 0 aromatic heterocycles. The summed E-state index contributed by atoms with van der Waals surface area (Å²) in [6, 6.07) is -0.200. The predicted molar refractivity (Wildman–Crippen MR) is 57.0 cm³/mol. The Morgan fingerprint density at radius 1 is 1.54 bits per heavy atom. The van der Waals surface area contributed by atoms with Gasteiger partial charge in [-0.15, -0.1) is 0 Å². The third kappa shape index (κ3) is 5.93. The number of carbonyl (C=O) groups is 1. The maximum atomic E-state index is 11.0. The maximum Gasteiger partial charge on any atom is 0.322 e. The molecule has 0 aliphatic carbocycles. The Balaban J connectivity index is 3.56. The minimum Gasteiger partial charge on any atom is -0.468 e. The van der Waals surface area contributed by atoms with Crippen molar-refractivity contribution in [3.05, 3.63) is 0 Å². The fourth-order valence-electron chi connectivity index (χ4n) is 0.982. The van der Waals surface area contributed by atoms with Crippen LogP contribution in [-0.2, 0) is 9.53 Å². The zero-order chi connectivity index (χ0) is 10.3. The number of rotatable bonds is 6. The molecule has 0 spiro atoms. The molecule has 0 aliphatic heterocycles. The lowest BCUT2D eigenvalue weighted by molar-refractivity contribution is -0.142. The number of hydrogen-bond acceptors (Lipinski definition) is 4. The molecule has 0 aromatic rings. The molecule has 0 aliphatic rings. The summed E-state index contributed by atoms with van der Waals surface area (Å²) in [6.07, 6.45) is 2.08. The summed E-state index contributed by atoms with van der Waals surface area (Å²) in [5.74, 6) is 1.50. The second-order valence-corrected chi connectivity index (χ2v) is 4.12. The van der Waals surface area contributed by atoms with Gasteiger partial charge in [0.2, 0.25) is 0 Å². The molecule has 0 amide bonds. The minimum absolute atomic E-state index is 0.198. The van der Waals surface area contributed by atoms with Gasteiger partial charge < -0.3 is 10.1 Å². The minimum atomic E-state index is -0.200. The van der Waals surface area contributed by atoms with Crippen molar-refractivity contribution in [2.75, 3.05) is 25.7 Å². The van der Waals surface area contributed by atoms with Crippen molar-refractivity contribution in [2.45, 2.75) is 19.9 Å². The standard InChI is InChI=1S/C9H19NO2S/c1-7(6-13-4)5-10-8(2)9(11)12-3/h7-8,10H,5-6H2,1-4H3. The maximum absolute atomic E-state index is 11.0. The molecule has 4 heteroatoms. The summed E-state index contributed by atoms with van der Waals surface area (Å²) < 4.78 is 4.60. The van der Waals surface area contributed by atoms with E-state index in [1.54, 1.807) is 0 Å². The van der Waals surface area contributed by atoms with Gasteiger partial charge in [-0.2, -0.15) is 11.8 Å². The molecule has 13 heavy (non-hydrogen) atoms. The van der Waals surface area contributed by atoms with Gasteiger partial charge >= 0.3 is 5.97 Å². The Kier molecular flexibility index (Phi) is 7.09. The van der Waals surface area contributed by atoms with Crippen LogP contribution in [0.1, 0.15) is 13.8 Å². The lowest BCUT2D eigenvalue weighted by Gasteiger charge is -2.15. The highest BCUT2D eigenvalue weighted by Crippen LogP contribution is 2.03. The molecule has 3 nitrogen and oxygen atoms in total. The topological polar surface area (TPSA) is 38.3 Å². The normalized spacial score (nSPS) is 15.1. The second-order valence-electron chi connectivity index (χ2n) is 3.21. The van der Waals surface area contributed by atoms with Gasteiger partial charge in [0.25, 0.3) is 0 Å². The Morgan fingerprint density at radius 2 is 2.15 bits per heavy atom. The summed E-state index contributed by atoms with van der Waals surface area (Å²) in [7, 11) is 1.41. The van der Waals surface area contributed by atoms with E-state index in [2.05, 4.69) is 23.2 Å². The number of hydrogen-bond donors (Lipinski definition) is 1. The molecule has 0 aromatic carbocycles. The number of methoxy groups -OCH3 is 1. The van der Waals surface area contributed by atoms with Gasteiger partial charge in [-0.05, 0) is 31.4 Å². The van der Waals surface area contributed by atoms with Crippen LogP contribution >= 0.6 is 11.8 Å². The number of ether oxygens (including phenoxy) is 1. The van der Waals surface area contributed by atoms with Crippen LogP contribution in [0.15, 0.2) is 0 Å². The number of esters is 1. The van der Waals surface area contributed by atoms with Gasteiger partial charge in [0.1, 0.15) is 6.04 Å². The molecular formula is C9H19NO2S. The smallest absolute Gasteiger partial charge is 0.322 e. The second kappa shape index (κ2) is 7.21. The fourth-order valence-corrected chi connectivity index (χ4v) is 1.67. The van der Waals surface area contributed by atoms with E-state index in [1.165, 1.54) is 7.11 Å². The largest absolute Gasteiger partial charge is 0.468 e. The quantitative estimate of drug-likeness (QED) is 0.660. The van der Waals surface area contributed by atoms with Crippen LogP contribution in [0.5, 0.6) is 0 Å². The summed E-state index contributed by atoms with van der Waals surface area (Å²) in [5, 5.41) is 3.13. The van der Waals surface area contributed by atoms with Gasteiger partial charge in [-0.1, -0.05) is 6.92 Å². The van der Waals surface area contributed by atoms with E-state index < -0.39 is 0 Å². The van der Waals surface area contributed by atoms with E-state index in [1.807, 2.05) is 18.7 Å². The van der Waals surface area contributed by atoms with Crippen molar-refractivity contribution in [3.8, 4) is 0 Å². The molecule has 0 heterocycles. The monoisotopic (exact) mass is 205 g/mol. The van der Waals surface area contributed by atoms with Crippen LogP contribution in [0.4, 0.5) is 0 Å². The van der Waals surface area contributed by atoms with E-state index in [0.29, 0.717) is 5.92 Å². The SMILES string of the molecule is COC(=O)C(C)NCC(C)CSC. The highest BCUT2D eigenvalue weighted by molar-refractivity contribution is 7.98. The van der Waals surface area contributed by atoms with Crippen molar-refractivity contribution in [2.24, 2.45) is 5.92 Å². The number of thioether (sulfide) groups is 1. The summed E-state index contributed by atoms with van der Waals surface area (Å²) in [6.45, 7) is 4.84. The Labute approximate surface area is 84.6 Å². The molecule has 0 saturated heterocycles. The lowest BCUT2D eigenvalue weighted by atomic mass is 10.2. The van der Waals surface area contributed by atoms with Crippen molar-refractivity contribution >= 4 is 17.7 Å². The van der Waals surface area contributed by atoms with Gasteiger partial charge in [0.15, 0.2) is 0 Å². The Morgan fingerprint density at radius 3 is 2.62 bits per heavy atom. The Bertz CT molecular complexity index is 153. The molecule has 0 fully saturated rings. The van der Waals surface area contributed by atoms with Crippen LogP contribution in [0.3, 0.4) is 0 Å². The molecule has 0 saturated carbocycles. The first-order valence-corrected chi connectivity index (χ1v) is 5.81. The van der Waals surface area contributed by atoms with Gasteiger partial charge in [0.05, 0.1) is 7.11 Å². The molecule has 2 atom stereocenters. The van der Waals surface area contributed by atoms with Crippen LogP contribution in [0, 0.1) is 5.92 Å². The molecule has 2 unspecified atom stereocenters. The van der Waals surface area contributed by atoms with Crippen LogP contribution < -0.4 is 5.32 Å². The van der Waals surface area contributed by atoms with Crippen molar-refractivity contribution in [1.29, 1.82) is 0 Å². The van der Waals surface area contributed by atoms with E-state index in [0.717, 1.165) is 12.3 Å². The van der Waals surface area contributed by atoms with Crippen LogP contribution in [0.25, 0.3) is 0 Å². The highest BCUT2D eigenvalue weighted by Gasteiger charge is 2.12. The average Bonchev–Trinajstić information content (AvgIpc) is 2.13. The summed E-state index contributed by atoms with van der Waals surface area (Å²) >= 11 is 1.82. The first-order valence-electron chi connectivity index (χ1n) is 4.42. The van der Waals surface area contributed by atoms with Gasteiger partial charge in [-0.3, -0.25) is 4.79 Å². The molecular weight excluding hydrogens is 186 g/mol. The summed E-state index contributed by atoms with van der Waals surface area (Å²) in [5.41, 5.74) is 0. The van der Waals surface area contributed by atoms with E-state index in [4.69, 9.17) is 0 Å². The van der Waals surface area contributed by atoms with Gasteiger partial charge in [-0.25, -0.2) is 0 Å². The highest BCUT2D eigenvalue weighted by atomic mass is 32.2. The summed E-state index contributed by atoms with van der Waals surface area (Å²) in [4.78, 5) is 11.0. The number of carbonyl (C=O) groups excluding carboxylic acids is 1. The first kappa shape index (κ1) is 12.8. The fraction of sp³-hybridized carbons (Fsp3) is 0.889. The van der Waals surface area contributed by atoms with E-state index in [9.17, 15) is 4.79 Å². The van der Waals surface area contributed by atoms with Crippen molar-refractivity contribution in [3.63, 3.8) is 0 Å². The van der Waals surface area contributed by atoms with E-state index >= 15 is 0 Å². The van der Waals surface area contributed by atoms with Gasteiger partial charge in [0, 0.05) is 0 Å². The van der Waals surface area contributed by atoms with Crippen molar-refractivity contribution in [1.82, 2.24) is 5.32 Å². The zero-order valence-corrected chi connectivity index (χ0v) is 9.61.